The largest absolute Gasteiger partial charge is 0.394 e. The van der Waals surface area contributed by atoms with Crippen molar-refractivity contribution in [1.29, 1.82) is 0 Å². The van der Waals surface area contributed by atoms with Crippen LogP contribution >= 0.6 is 22.7 Å². The van der Waals surface area contributed by atoms with Crippen molar-refractivity contribution in [2.75, 3.05) is 11.9 Å². The number of amides is 2. The molecule has 0 spiro atoms. The van der Waals surface area contributed by atoms with Gasteiger partial charge in [-0.2, -0.15) is 0 Å². The molecule has 2 heterocycles. The van der Waals surface area contributed by atoms with Gasteiger partial charge in [0.1, 0.15) is 5.82 Å². The van der Waals surface area contributed by atoms with Gasteiger partial charge in [-0.05, 0) is 23.1 Å². The van der Waals surface area contributed by atoms with Crippen molar-refractivity contribution in [3.8, 4) is 23.5 Å². The fourth-order valence-corrected chi connectivity index (χ4v) is 4.33. The molecule has 8 heteroatoms. The molecule has 0 aliphatic heterocycles. The molecular weight excluding hydrogens is 404 g/mol. The number of carbonyl (C=O) groups is 1. The minimum atomic E-state index is -0.547. The number of anilines is 1. The van der Waals surface area contributed by atoms with E-state index in [9.17, 15) is 9.90 Å². The number of rotatable bonds is 5. The number of benzene rings is 2. The molecule has 0 unspecified atom stereocenters. The topological polar surface area (TPSA) is 87.1 Å². The zero-order valence-electron chi connectivity index (χ0n) is 15.1. The maximum atomic E-state index is 12.2. The first-order valence-corrected chi connectivity index (χ1v) is 10.5. The van der Waals surface area contributed by atoms with Crippen LogP contribution in [0.2, 0.25) is 0 Å². The number of hydrogen-bond acceptors (Lipinski definition) is 6. The molecule has 0 fully saturated rings. The van der Waals surface area contributed by atoms with Crippen LogP contribution in [0.5, 0.6) is 0 Å². The first kappa shape index (κ1) is 19.1. The van der Waals surface area contributed by atoms with Gasteiger partial charge >= 0.3 is 6.03 Å². The molecule has 2 amide bonds. The first-order chi connectivity index (χ1) is 14.2. The Kier molecular flexibility index (Phi) is 5.53. The van der Waals surface area contributed by atoms with Gasteiger partial charge in [-0.15, -0.1) is 29.1 Å². The molecule has 0 radical (unpaired) electrons. The van der Waals surface area contributed by atoms with Crippen LogP contribution in [0.15, 0.2) is 53.4 Å². The van der Waals surface area contributed by atoms with Gasteiger partial charge < -0.3 is 10.4 Å². The number of thiazole rings is 2. The zero-order valence-corrected chi connectivity index (χ0v) is 16.8. The zero-order chi connectivity index (χ0) is 20.2. The van der Waals surface area contributed by atoms with Crippen LogP contribution in [0.1, 0.15) is 16.6 Å². The molecule has 0 saturated carbocycles. The molecule has 4 rings (SSSR count). The Balaban J connectivity index is 1.48. The summed E-state index contributed by atoms with van der Waals surface area (Å²) in [5.41, 5.74) is 5.76. The van der Waals surface area contributed by atoms with Gasteiger partial charge in [0.2, 0.25) is 0 Å². The van der Waals surface area contributed by atoms with E-state index in [1.807, 2.05) is 41.9 Å². The smallest absolute Gasteiger partial charge is 0.320 e. The lowest BCUT2D eigenvalue weighted by Gasteiger charge is -2.17. The number of nitrogens with one attached hydrogen (secondary N) is 2. The van der Waals surface area contributed by atoms with Crippen LogP contribution < -0.4 is 10.6 Å². The van der Waals surface area contributed by atoms with E-state index in [2.05, 4.69) is 32.6 Å². The molecule has 0 aliphatic rings. The van der Waals surface area contributed by atoms with Crippen molar-refractivity contribution in [1.82, 2.24) is 15.3 Å². The number of aliphatic hydroxyl groups is 1. The third-order valence-corrected chi connectivity index (χ3v) is 5.99. The summed E-state index contributed by atoms with van der Waals surface area (Å²) in [7, 11) is 0. The maximum absolute atomic E-state index is 12.2. The van der Waals surface area contributed by atoms with Crippen LogP contribution in [-0.4, -0.2) is 27.7 Å². The Morgan fingerprint density at radius 1 is 1.21 bits per heavy atom. The van der Waals surface area contributed by atoms with E-state index in [4.69, 9.17) is 6.42 Å². The molecule has 1 atom stereocenters. The highest BCUT2D eigenvalue weighted by Gasteiger charge is 2.15. The van der Waals surface area contributed by atoms with E-state index in [1.165, 1.54) is 11.3 Å². The van der Waals surface area contributed by atoms with Gasteiger partial charge in [-0.25, -0.2) is 14.8 Å². The quantitative estimate of drug-likeness (QED) is 0.421. The molecule has 144 valence electrons. The van der Waals surface area contributed by atoms with Crippen molar-refractivity contribution >= 4 is 44.7 Å². The molecule has 0 aliphatic carbocycles. The molecule has 0 bridgehead atoms. The second-order valence-electron chi connectivity index (χ2n) is 6.14. The highest BCUT2D eigenvalue weighted by atomic mass is 32.1. The number of carbonyl (C=O) groups excluding carboxylic acids is 1. The van der Waals surface area contributed by atoms with Gasteiger partial charge in [0.05, 0.1) is 28.4 Å². The third kappa shape index (κ3) is 4.12. The van der Waals surface area contributed by atoms with Crippen molar-refractivity contribution in [2.24, 2.45) is 0 Å². The summed E-state index contributed by atoms with van der Waals surface area (Å²) in [5, 5.41) is 17.3. The van der Waals surface area contributed by atoms with Crippen molar-refractivity contribution in [3.05, 3.63) is 63.9 Å². The highest BCUT2D eigenvalue weighted by Crippen LogP contribution is 2.31. The van der Waals surface area contributed by atoms with Crippen molar-refractivity contribution < 1.29 is 9.90 Å². The normalized spacial score (nSPS) is 11.7. The average Bonchev–Trinajstić information content (AvgIpc) is 3.41. The summed E-state index contributed by atoms with van der Waals surface area (Å²) in [6.45, 7) is -0.232. The molecular formula is C21H16N4O2S2. The second-order valence-corrected chi connectivity index (χ2v) is 7.86. The van der Waals surface area contributed by atoms with E-state index >= 15 is 0 Å². The van der Waals surface area contributed by atoms with Crippen molar-refractivity contribution in [2.45, 2.75) is 6.04 Å². The van der Waals surface area contributed by atoms with Gasteiger partial charge in [-0.3, -0.25) is 5.32 Å². The second kappa shape index (κ2) is 8.41. The van der Waals surface area contributed by atoms with E-state index in [-0.39, 0.29) is 6.61 Å². The number of urea groups is 1. The lowest BCUT2D eigenvalue weighted by molar-refractivity contribution is 0.225. The predicted octanol–water partition coefficient (Wildman–Crippen LogP) is 4.26. The van der Waals surface area contributed by atoms with Crippen molar-refractivity contribution in [3.63, 3.8) is 0 Å². The lowest BCUT2D eigenvalue weighted by Crippen LogP contribution is -2.34. The molecule has 4 aromatic rings. The molecule has 29 heavy (non-hydrogen) atoms. The Morgan fingerprint density at radius 2 is 2.03 bits per heavy atom. The van der Waals surface area contributed by atoms with Crippen LogP contribution in [0.4, 0.5) is 10.6 Å². The first-order valence-electron chi connectivity index (χ1n) is 8.71. The standard InChI is InChI=1S/C21H16N4O2S2/c1-2-19-24-18(11-28-19)25-21(27)23-17(10-26)14-8-6-13(7-9-14)15-4-3-5-16-20(15)29-12-22-16/h1,3-9,11-12,17,26H,10H2,(H2,23,25,27)/t17-/m0/s1. The van der Waals surface area contributed by atoms with Crippen LogP contribution in [0, 0.1) is 12.3 Å². The van der Waals surface area contributed by atoms with Crippen LogP contribution in [-0.2, 0) is 0 Å². The molecule has 3 N–H and O–H groups in total. The average molecular weight is 421 g/mol. The van der Waals surface area contributed by atoms with Crippen LogP contribution in [0.25, 0.3) is 21.3 Å². The molecule has 0 saturated heterocycles. The number of aromatic nitrogens is 2. The molecule has 2 aromatic heterocycles. The van der Waals surface area contributed by atoms with Gasteiger partial charge in [0, 0.05) is 10.9 Å². The summed E-state index contributed by atoms with van der Waals surface area (Å²) >= 11 is 2.87. The summed E-state index contributed by atoms with van der Waals surface area (Å²) in [6, 6.07) is 12.8. The Bertz CT molecular complexity index is 1190. The fourth-order valence-electron chi connectivity index (χ4n) is 2.95. The summed E-state index contributed by atoms with van der Waals surface area (Å²) in [6.07, 6.45) is 5.28. The Hall–Kier alpha value is -3.25. The predicted molar refractivity (Wildman–Crippen MR) is 117 cm³/mol. The molecule has 6 nitrogen and oxygen atoms in total. The fraction of sp³-hybridized carbons (Fsp3) is 0.0952. The lowest BCUT2D eigenvalue weighted by atomic mass is 10.0. The number of fused-ring (bicyclic) bond motifs is 1. The van der Waals surface area contributed by atoms with Gasteiger partial charge in [0.25, 0.3) is 0 Å². The van der Waals surface area contributed by atoms with Gasteiger partial charge in [-0.1, -0.05) is 36.4 Å². The molecule has 2 aromatic carbocycles. The van der Waals surface area contributed by atoms with Gasteiger partial charge in [0.15, 0.2) is 5.01 Å². The van der Waals surface area contributed by atoms with E-state index in [1.54, 1.807) is 16.7 Å². The minimum absolute atomic E-state index is 0.232. The number of nitrogens with zero attached hydrogens (tertiary/aromatic N) is 2. The van der Waals surface area contributed by atoms with E-state index in [0.29, 0.717) is 10.8 Å². The van der Waals surface area contributed by atoms with E-state index in [0.717, 1.165) is 26.9 Å². The Morgan fingerprint density at radius 3 is 2.76 bits per heavy atom. The van der Waals surface area contributed by atoms with Crippen LogP contribution in [0.3, 0.4) is 0 Å². The Labute approximate surface area is 175 Å². The van der Waals surface area contributed by atoms with E-state index < -0.39 is 12.1 Å². The summed E-state index contributed by atoms with van der Waals surface area (Å²) < 4.78 is 1.13. The third-order valence-electron chi connectivity index (χ3n) is 4.34. The highest BCUT2D eigenvalue weighted by molar-refractivity contribution is 7.17. The number of aliphatic hydroxyl groups excluding tert-OH is 1. The number of hydrogen-bond donors (Lipinski definition) is 3. The monoisotopic (exact) mass is 420 g/mol. The maximum Gasteiger partial charge on any atom is 0.320 e. The number of terminal acetylenes is 1. The minimum Gasteiger partial charge on any atom is -0.394 e. The summed E-state index contributed by atoms with van der Waals surface area (Å²) in [4.78, 5) is 20.7. The SMILES string of the molecule is C#Cc1nc(NC(=O)N[C@@H](CO)c2ccc(-c3cccc4ncsc34)cc2)cs1. The summed E-state index contributed by atoms with van der Waals surface area (Å²) in [5.74, 6) is 2.80.